The minimum absolute atomic E-state index is 0.345. The number of hydrogen-bond acceptors (Lipinski definition) is 4. The summed E-state index contributed by atoms with van der Waals surface area (Å²) in [6, 6.07) is 29.2. The van der Waals surface area contributed by atoms with Gasteiger partial charge in [-0.25, -0.2) is 0 Å². The van der Waals surface area contributed by atoms with E-state index in [1.54, 1.807) is 24.3 Å². The van der Waals surface area contributed by atoms with E-state index in [1.165, 1.54) is 9.80 Å². The molecule has 0 unspecified atom stereocenters. The molecular formula is C40H24Br2N2O4. The van der Waals surface area contributed by atoms with E-state index in [-0.39, 0.29) is 23.6 Å². The standard InChI is InChI=1S/C40H24Br2N2O4/c1-19(21-9-5-3-6-10-21)43-37(45)25-15-13-23-34-30(42)18-28-32-26(38(46)44(40(28)48)20(2)22-11-7-4-8-12-22)16-14-24(36(32)34)33-29(41)17-27(39(43)47)31(25)35(23)33/h3-20H,1-2H3/t19-,20-/m1/s1. The third-order valence-electron chi connectivity index (χ3n) is 10.1. The molecule has 9 rings (SSSR count). The fraction of sp³-hybridized carbons (Fsp3) is 0.100. The number of rotatable bonds is 4. The molecule has 0 aliphatic carbocycles. The molecule has 6 nitrogen and oxygen atoms in total. The van der Waals surface area contributed by atoms with Gasteiger partial charge in [0.05, 0.1) is 12.1 Å². The van der Waals surface area contributed by atoms with Gasteiger partial charge in [0, 0.05) is 63.5 Å². The Balaban J connectivity index is 1.31. The molecule has 2 atom stereocenters. The van der Waals surface area contributed by atoms with Gasteiger partial charge in [-0.1, -0.05) is 105 Å². The summed E-state index contributed by atoms with van der Waals surface area (Å²) >= 11 is 7.61. The Morgan fingerprint density at radius 2 is 0.792 bits per heavy atom. The first-order chi connectivity index (χ1) is 23.2. The predicted octanol–water partition coefficient (Wildman–Crippen LogP) is 9.98. The molecule has 0 saturated carbocycles. The second-order valence-electron chi connectivity index (χ2n) is 12.5. The van der Waals surface area contributed by atoms with Crippen molar-refractivity contribution in [1.82, 2.24) is 9.80 Å². The summed E-state index contributed by atoms with van der Waals surface area (Å²) in [7, 11) is 0. The molecule has 48 heavy (non-hydrogen) atoms. The average Bonchev–Trinajstić information content (AvgIpc) is 3.10. The predicted molar refractivity (Wildman–Crippen MR) is 194 cm³/mol. The van der Waals surface area contributed by atoms with E-state index in [4.69, 9.17) is 0 Å². The van der Waals surface area contributed by atoms with Crippen LogP contribution in [-0.4, -0.2) is 33.4 Å². The van der Waals surface area contributed by atoms with Crippen LogP contribution < -0.4 is 0 Å². The summed E-state index contributed by atoms with van der Waals surface area (Å²) in [5, 5.41) is 6.07. The van der Waals surface area contributed by atoms with Crippen LogP contribution in [0.15, 0.2) is 106 Å². The van der Waals surface area contributed by atoms with Gasteiger partial charge in [0.1, 0.15) is 0 Å². The van der Waals surface area contributed by atoms with Gasteiger partial charge in [0.25, 0.3) is 23.6 Å². The summed E-state index contributed by atoms with van der Waals surface area (Å²) < 4.78 is 1.38. The van der Waals surface area contributed by atoms with Crippen molar-refractivity contribution in [1.29, 1.82) is 0 Å². The highest BCUT2D eigenvalue weighted by molar-refractivity contribution is 9.11. The van der Waals surface area contributed by atoms with Crippen LogP contribution in [0, 0.1) is 0 Å². The van der Waals surface area contributed by atoms with Gasteiger partial charge in [-0.05, 0) is 60.0 Å². The van der Waals surface area contributed by atoms with E-state index in [2.05, 4.69) is 31.9 Å². The van der Waals surface area contributed by atoms with E-state index in [0.717, 1.165) is 43.4 Å². The Morgan fingerprint density at radius 1 is 0.438 bits per heavy atom. The van der Waals surface area contributed by atoms with E-state index in [9.17, 15) is 19.2 Å². The number of benzene rings is 7. The van der Waals surface area contributed by atoms with Gasteiger partial charge in [-0.3, -0.25) is 29.0 Å². The molecule has 2 aliphatic rings. The maximum absolute atomic E-state index is 14.2. The zero-order chi connectivity index (χ0) is 33.2. The Hall–Kier alpha value is -4.92. The van der Waals surface area contributed by atoms with Crippen LogP contribution in [-0.2, 0) is 0 Å². The van der Waals surface area contributed by atoms with Crippen LogP contribution >= 0.6 is 31.9 Å². The zero-order valence-electron chi connectivity index (χ0n) is 25.7. The van der Waals surface area contributed by atoms with Crippen molar-refractivity contribution < 1.29 is 19.2 Å². The number of amides is 4. The fourth-order valence-electron chi connectivity index (χ4n) is 7.87. The zero-order valence-corrected chi connectivity index (χ0v) is 28.8. The maximum atomic E-state index is 14.2. The first kappa shape index (κ1) is 29.2. The van der Waals surface area contributed by atoms with Gasteiger partial charge < -0.3 is 0 Å². The van der Waals surface area contributed by atoms with E-state index < -0.39 is 12.1 Å². The lowest BCUT2D eigenvalue weighted by molar-refractivity contribution is 0.0534. The molecule has 2 heterocycles. The summed E-state index contributed by atoms with van der Waals surface area (Å²) in [4.78, 5) is 59.4. The summed E-state index contributed by atoms with van der Waals surface area (Å²) in [5.74, 6) is -1.40. The van der Waals surface area contributed by atoms with E-state index in [0.29, 0.717) is 42.0 Å². The molecule has 232 valence electrons. The SMILES string of the molecule is C[C@H](c1ccccc1)N1C(=O)c2ccc3c4c(Br)cc5c6c(ccc(c7c(Br)cc(c2c37)C1=O)c64)C(=O)N([C@H](C)c1ccccc1)C5=O. The Kier molecular flexibility index (Phi) is 6.27. The van der Waals surface area contributed by atoms with Crippen LogP contribution in [0.3, 0.4) is 0 Å². The number of halogens is 2. The molecule has 0 fully saturated rings. The normalized spacial score (nSPS) is 15.8. The van der Waals surface area contributed by atoms with Crippen molar-refractivity contribution in [2.75, 3.05) is 0 Å². The van der Waals surface area contributed by atoms with Gasteiger partial charge in [-0.15, -0.1) is 0 Å². The first-order valence-electron chi connectivity index (χ1n) is 15.6. The average molecular weight is 756 g/mol. The molecule has 8 heteroatoms. The van der Waals surface area contributed by atoms with Crippen LogP contribution in [0.4, 0.5) is 0 Å². The molecule has 0 radical (unpaired) electrons. The monoisotopic (exact) mass is 754 g/mol. The molecule has 0 bridgehead atoms. The Labute approximate surface area is 291 Å². The number of carbonyl (C=O) groups excluding carboxylic acids is 4. The van der Waals surface area contributed by atoms with E-state index >= 15 is 0 Å². The van der Waals surface area contributed by atoms with Crippen LogP contribution in [0.2, 0.25) is 0 Å². The molecule has 0 spiro atoms. The topological polar surface area (TPSA) is 74.8 Å². The minimum atomic E-state index is -0.467. The third-order valence-corrected chi connectivity index (χ3v) is 11.4. The van der Waals surface area contributed by atoms with Crippen molar-refractivity contribution in [3.8, 4) is 0 Å². The minimum Gasteiger partial charge on any atom is -0.269 e. The van der Waals surface area contributed by atoms with Crippen LogP contribution in [0.25, 0.3) is 43.1 Å². The lowest BCUT2D eigenvalue weighted by atomic mass is 9.81. The lowest BCUT2D eigenvalue weighted by Gasteiger charge is -2.34. The molecule has 7 aromatic rings. The molecule has 7 aromatic carbocycles. The number of carbonyl (C=O) groups is 4. The van der Waals surface area contributed by atoms with Gasteiger partial charge in [-0.2, -0.15) is 0 Å². The Morgan fingerprint density at radius 3 is 1.17 bits per heavy atom. The highest BCUT2D eigenvalue weighted by atomic mass is 79.9. The highest BCUT2D eigenvalue weighted by Crippen LogP contribution is 2.51. The van der Waals surface area contributed by atoms with Crippen LogP contribution in [0.1, 0.15) is 78.5 Å². The summed E-state index contributed by atoms with van der Waals surface area (Å²) in [5.41, 5.74) is 3.54. The third kappa shape index (κ3) is 3.73. The molecule has 0 N–H and O–H groups in total. The number of imide groups is 2. The molecule has 0 aromatic heterocycles. The van der Waals surface area contributed by atoms with Gasteiger partial charge >= 0.3 is 0 Å². The van der Waals surface area contributed by atoms with Gasteiger partial charge in [0.2, 0.25) is 0 Å². The Bertz CT molecular complexity index is 2420. The molecule has 4 amide bonds. The van der Waals surface area contributed by atoms with Gasteiger partial charge in [0.15, 0.2) is 0 Å². The smallest absolute Gasteiger partial charge is 0.262 e. The van der Waals surface area contributed by atoms with Crippen molar-refractivity contribution in [3.05, 3.63) is 139 Å². The van der Waals surface area contributed by atoms with Crippen molar-refractivity contribution in [2.24, 2.45) is 0 Å². The maximum Gasteiger partial charge on any atom is 0.262 e. The van der Waals surface area contributed by atoms with E-state index in [1.807, 2.05) is 86.6 Å². The second kappa shape index (κ2) is 10.3. The highest BCUT2D eigenvalue weighted by Gasteiger charge is 2.40. The largest absolute Gasteiger partial charge is 0.269 e. The van der Waals surface area contributed by atoms with Crippen molar-refractivity contribution in [2.45, 2.75) is 25.9 Å². The number of nitrogens with zero attached hydrogens (tertiary/aromatic N) is 2. The first-order valence-corrected chi connectivity index (χ1v) is 17.2. The summed E-state index contributed by atoms with van der Waals surface area (Å²) in [6.45, 7) is 3.73. The van der Waals surface area contributed by atoms with Crippen molar-refractivity contribution in [3.63, 3.8) is 0 Å². The van der Waals surface area contributed by atoms with Crippen molar-refractivity contribution >= 4 is 98.6 Å². The molecular weight excluding hydrogens is 732 g/mol. The number of hydrogen-bond donors (Lipinski definition) is 0. The molecule has 0 saturated heterocycles. The fourth-order valence-corrected chi connectivity index (χ4v) is 9.15. The molecule has 2 aliphatic heterocycles. The number of fused-ring (bicyclic) bond motifs is 2. The van der Waals surface area contributed by atoms with Crippen LogP contribution in [0.5, 0.6) is 0 Å². The summed E-state index contributed by atoms with van der Waals surface area (Å²) in [6.07, 6.45) is 0. The lowest BCUT2D eigenvalue weighted by Crippen LogP contribution is -2.42. The quantitative estimate of drug-likeness (QED) is 0.102. The second-order valence-corrected chi connectivity index (χ2v) is 14.2.